The van der Waals surface area contributed by atoms with Gasteiger partial charge in [0.2, 0.25) is 5.43 Å². The van der Waals surface area contributed by atoms with Crippen LogP contribution in [0.2, 0.25) is 0 Å². The van der Waals surface area contributed by atoms with E-state index in [1.165, 1.54) is 12.8 Å². The van der Waals surface area contributed by atoms with Crippen LogP contribution in [0.5, 0.6) is 11.5 Å². The lowest BCUT2D eigenvalue weighted by Crippen LogP contribution is -2.12. The molecule has 1 saturated carbocycles. The summed E-state index contributed by atoms with van der Waals surface area (Å²) in [5, 5.41) is 0.593. The lowest BCUT2D eigenvalue weighted by molar-refractivity contribution is 0.200. The number of hydrogen-bond donors (Lipinski definition) is 0. The molecule has 3 aromatic rings. The number of halogens is 1. The van der Waals surface area contributed by atoms with E-state index in [0.717, 1.165) is 24.2 Å². The van der Waals surface area contributed by atoms with Crippen LogP contribution < -0.4 is 14.9 Å². The fourth-order valence-corrected chi connectivity index (χ4v) is 4.11. The summed E-state index contributed by atoms with van der Waals surface area (Å²) < 4.78 is 18.3. The zero-order chi connectivity index (χ0) is 19.5. The van der Waals surface area contributed by atoms with Crippen molar-refractivity contribution in [3.05, 3.63) is 67.6 Å². The Morgan fingerprint density at radius 1 is 1.07 bits per heavy atom. The number of para-hydroxylation sites is 2. The van der Waals surface area contributed by atoms with Crippen molar-refractivity contribution in [2.24, 2.45) is 0 Å². The summed E-state index contributed by atoms with van der Waals surface area (Å²) in [4.78, 5) is 12.6. The number of benzene rings is 2. The first-order valence-electron chi connectivity index (χ1n) is 9.40. The average molecular weight is 488 g/mol. The zero-order valence-electron chi connectivity index (χ0n) is 15.6. The van der Waals surface area contributed by atoms with Crippen LogP contribution >= 0.6 is 22.6 Å². The first-order chi connectivity index (χ1) is 13.7. The first-order valence-corrected chi connectivity index (χ1v) is 10.5. The van der Waals surface area contributed by atoms with Crippen LogP contribution in [0.15, 0.2) is 51.7 Å². The van der Waals surface area contributed by atoms with Crippen LogP contribution in [-0.4, -0.2) is 13.2 Å². The third-order valence-electron chi connectivity index (χ3n) is 5.00. The topological polar surface area (TPSA) is 48.7 Å². The van der Waals surface area contributed by atoms with Gasteiger partial charge >= 0.3 is 0 Å². The van der Waals surface area contributed by atoms with E-state index in [1.54, 1.807) is 13.2 Å². The summed E-state index contributed by atoms with van der Waals surface area (Å²) in [7, 11) is 1.65. The maximum Gasteiger partial charge on any atom is 0.206 e. The van der Waals surface area contributed by atoms with Gasteiger partial charge in [0.25, 0.3) is 0 Å². The van der Waals surface area contributed by atoms with Gasteiger partial charge in [0.15, 0.2) is 11.5 Å². The van der Waals surface area contributed by atoms with Crippen molar-refractivity contribution in [2.45, 2.75) is 31.8 Å². The maximum absolute atomic E-state index is 12.6. The first kappa shape index (κ1) is 19.1. The summed E-state index contributed by atoms with van der Waals surface area (Å²) in [6.45, 7) is 0. The molecule has 0 N–H and O–H groups in total. The molecule has 144 valence electrons. The van der Waals surface area contributed by atoms with Crippen molar-refractivity contribution in [3.8, 4) is 11.5 Å². The minimum Gasteiger partial charge on any atom is -0.493 e. The van der Waals surface area contributed by atoms with Crippen molar-refractivity contribution in [1.82, 2.24) is 0 Å². The standard InChI is InChI=1S/C23H21IO4/c1-26-20-12-6-7-15(23(20)27-16-8-2-3-9-16)13-14-19-21(24)22(25)17-10-4-5-11-18(17)28-19/h4-7,10-14,16H,2-3,8-9H2,1H3. The van der Waals surface area contributed by atoms with E-state index in [9.17, 15) is 4.79 Å². The van der Waals surface area contributed by atoms with Crippen LogP contribution in [0.3, 0.4) is 0 Å². The largest absolute Gasteiger partial charge is 0.493 e. The molecule has 28 heavy (non-hydrogen) atoms. The zero-order valence-corrected chi connectivity index (χ0v) is 17.8. The number of ether oxygens (including phenoxy) is 2. The van der Waals surface area contributed by atoms with E-state index in [0.29, 0.717) is 26.0 Å². The minimum atomic E-state index is -0.0184. The smallest absolute Gasteiger partial charge is 0.206 e. The molecule has 0 radical (unpaired) electrons. The van der Waals surface area contributed by atoms with Gasteiger partial charge in [-0.2, -0.15) is 0 Å². The van der Waals surface area contributed by atoms with Crippen molar-refractivity contribution < 1.29 is 13.9 Å². The molecule has 1 aliphatic rings. The highest BCUT2D eigenvalue weighted by atomic mass is 127. The fourth-order valence-electron chi connectivity index (χ4n) is 3.53. The van der Waals surface area contributed by atoms with Gasteiger partial charge in [-0.25, -0.2) is 0 Å². The Kier molecular flexibility index (Phi) is 5.71. The lowest BCUT2D eigenvalue weighted by atomic mass is 10.1. The summed E-state index contributed by atoms with van der Waals surface area (Å²) >= 11 is 2.05. The van der Waals surface area contributed by atoms with Crippen LogP contribution in [0, 0.1) is 3.57 Å². The lowest BCUT2D eigenvalue weighted by Gasteiger charge is -2.18. The van der Waals surface area contributed by atoms with Gasteiger partial charge in [0, 0.05) is 5.56 Å². The molecular formula is C23H21IO4. The highest BCUT2D eigenvalue weighted by molar-refractivity contribution is 14.1. The Balaban J connectivity index is 1.73. The molecule has 0 aliphatic heterocycles. The molecule has 0 amide bonds. The van der Waals surface area contributed by atoms with Gasteiger partial charge < -0.3 is 13.9 Å². The van der Waals surface area contributed by atoms with Gasteiger partial charge in [-0.15, -0.1) is 0 Å². The van der Waals surface area contributed by atoms with Gasteiger partial charge in [0.1, 0.15) is 14.9 Å². The Labute approximate surface area is 177 Å². The number of rotatable bonds is 5. The molecule has 0 spiro atoms. The molecule has 0 atom stereocenters. The Hall–Kier alpha value is -2.28. The van der Waals surface area contributed by atoms with Gasteiger partial charge in [0.05, 0.1) is 18.6 Å². The molecule has 0 bridgehead atoms. The molecule has 1 aromatic heterocycles. The van der Waals surface area contributed by atoms with Crippen molar-refractivity contribution in [3.63, 3.8) is 0 Å². The van der Waals surface area contributed by atoms with Crippen LogP contribution in [-0.2, 0) is 0 Å². The molecule has 0 unspecified atom stereocenters. The summed E-state index contributed by atoms with van der Waals surface area (Å²) in [5.74, 6) is 1.99. The van der Waals surface area contributed by atoms with E-state index < -0.39 is 0 Å². The maximum atomic E-state index is 12.6. The number of fused-ring (bicyclic) bond motifs is 1. The average Bonchev–Trinajstić information content (AvgIpc) is 3.23. The molecule has 4 nitrogen and oxygen atoms in total. The van der Waals surface area contributed by atoms with E-state index in [2.05, 4.69) is 0 Å². The second kappa shape index (κ2) is 8.39. The van der Waals surface area contributed by atoms with Crippen molar-refractivity contribution >= 4 is 45.7 Å². The third-order valence-corrected chi connectivity index (χ3v) is 6.02. The normalized spacial score (nSPS) is 14.8. The highest BCUT2D eigenvalue weighted by Gasteiger charge is 2.20. The summed E-state index contributed by atoms with van der Waals surface area (Å²) in [5.41, 5.74) is 1.47. The predicted molar refractivity (Wildman–Crippen MR) is 120 cm³/mol. The van der Waals surface area contributed by atoms with Crippen LogP contribution in [0.1, 0.15) is 37.0 Å². The van der Waals surface area contributed by atoms with E-state index in [4.69, 9.17) is 13.9 Å². The Morgan fingerprint density at radius 3 is 2.64 bits per heavy atom. The fraction of sp³-hybridized carbons (Fsp3) is 0.261. The van der Waals surface area contributed by atoms with E-state index >= 15 is 0 Å². The predicted octanol–water partition coefficient (Wildman–Crippen LogP) is 5.90. The molecule has 1 fully saturated rings. The Bertz CT molecular complexity index is 1080. The second-order valence-corrected chi connectivity index (χ2v) is 7.92. The third kappa shape index (κ3) is 3.81. The molecule has 1 aliphatic carbocycles. The number of methoxy groups -OCH3 is 1. The van der Waals surface area contributed by atoms with Crippen LogP contribution in [0.25, 0.3) is 23.1 Å². The number of hydrogen-bond acceptors (Lipinski definition) is 4. The molecular weight excluding hydrogens is 467 g/mol. The minimum absolute atomic E-state index is 0.0184. The quantitative estimate of drug-likeness (QED) is 0.420. The summed E-state index contributed by atoms with van der Waals surface area (Å²) in [6.07, 6.45) is 8.50. The van der Waals surface area contributed by atoms with E-state index in [-0.39, 0.29) is 11.5 Å². The second-order valence-electron chi connectivity index (χ2n) is 6.84. The Morgan fingerprint density at radius 2 is 1.86 bits per heavy atom. The van der Waals surface area contributed by atoms with Crippen molar-refractivity contribution in [2.75, 3.05) is 7.11 Å². The molecule has 0 saturated heterocycles. The molecule has 1 heterocycles. The van der Waals surface area contributed by atoms with Gasteiger partial charge in [-0.05, 0) is 78.6 Å². The highest BCUT2D eigenvalue weighted by Crippen LogP contribution is 2.36. The van der Waals surface area contributed by atoms with E-state index in [1.807, 2.05) is 71.1 Å². The molecule has 2 aromatic carbocycles. The van der Waals surface area contributed by atoms with Gasteiger partial charge in [-0.1, -0.05) is 24.3 Å². The SMILES string of the molecule is COc1cccc(C=Cc2oc3ccccc3c(=O)c2I)c1OC1CCCC1. The summed E-state index contributed by atoms with van der Waals surface area (Å²) in [6, 6.07) is 13.1. The monoisotopic (exact) mass is 488 g/mol. The molecule has 4 rings (SSSR count). The van der Waals surface area contributed by atoms with Crippen LogP contribution in [0.4, 0.5) is 0 Å². The van der Waals surface area contributed by atoms with Gasteiger partial charge in [-0.3, -0.25) is 4.79 Å². The van der Waals surface area contributed by atoms with Crippen molar-refractivity contribution in [1.29, 1.82) is 0 Å². The molecule has 5 heteroatoms.